The Balaban J connectivity index is 1.74. The van der Waals surface area contributed by atoms with Crippen molar-refractivity contribution in [2.45, 2.75) is 6.92 Å². The van der Waals surface area contributed by atoms with Crippen molar-refractivity contribution in [3.05, 3.63) is 24.4 Å². The molecule has 0 aliphatic heterocycles. The van der Waals surface area contributed by atoms with E-state index in [2.05, 4.69) is 15.1 Å². The lowest BCUT2D eigenvalue weighted by Crippen LogP contribution is -2.12. The van der Waals surface area contributed by atoms with E-state index in [9.17, 15) is 9.90 Å². The van der Waals surface area contributed by atoms with Gasteiger partial charge in [-0.25, -0.2) is 9.97 Å². The maximum Gasteiger partial charge on any atom is 0.217 e. The van der Waals surface area contributed by atoms with E-state index in [1.807, 2.05) is 0 Å². The number of carbonyl (C=O) groups excluding carboxylic acids is 1. The summed E-state index contributed by atoms with van der Waals surface area (Å²) < 4.78 is 22.2. The highest BCUT2D eigenvalue weighted by Crippen LogP contribution is 2.23. The van der Waals surface area contributed by atoms with Crippen LogP contribution in [-0.4, -0.2) is 77.4 Å². The summed E-state index contributed by atoms with van der Waals surface area (Å²) >= 11 is 0. The molecule has 2 aromatic rings. The Labute approximate surface area is 150 Å². The summed E-state index contributed by atoms with van der Waals surface area (Å²) in [7, 11) is 1.62. The number of Topliss-reactive ketones (excluding diaryl/α,β-unsaturated/α-hetero) is 1. The first kappa shape index (κ1) is 19.8. The van der Waals surface area contributed by atoms with Gasteiger partial charge in [0.15, 0.2) is 17.4 Å². The Kier molecular flexibility index (Phi) is 7.93. The minimum atomic E-state index is -0.271. The Morgan fingerprint density at radius 3 is 2.42 bits per heavy atom. The fraction of sp³-hybridized carbons (Fsp3) is 0.500. The molecular weight excluding hydrogens is 344 g/mol. The van der Waals surface area contributed by atoms with E-state index in [1.54, 1.807) is 7.11 Å². The molecule has 0 radical (unpaired) electrons. The average molecular weight is 366 g/mol. The number of nitrogens with zero attached hydrogens (tertiary/aromatic N) is 4. The Hall–Kier alpha value is -2.56. The van der Waals surface area contributed by atoms with Gasteiger partial charge >= 0.3 is 0 Å². The van der Waals surface area contributed by atoms with Crippen molar-refractivity contribution in [1.29, 1.82) is 0 Å². The zero-order valence-corrected chi connectivity index (χ0v) is 14.8. The highest BCUT2D eigenvalue weighted by molar-refractivity contribution is 5.90. The van der Waals surface area contributed by atoms with Gasteiger partial charge in [-0.05, 0) is 0 Å². The Morgan fingerprint density at radius 2 is 1.81 bits per heavy atom. The number of carbonyl (C=O) groups is 1. The summed E-state index contributed by atoms with van der Waals surface area (Å²) in [6.07, 6.45) is 2.75. The topological polar surface area (TPSA) is 118 Å². The van der Waals surface area contributed by atoms with Crippen LogP contribution in [0.3, 0.4) is 0 Å². The summed E-state index contributed by atoms with van der Waals surface area (Å²) in [4.78, 5) is 19.1. The molecule has 0 aliphatic carbocycles. The molecule has 0 atom stereocenters. The third kappa shape index (κ3) is 6.06. The molecule has 0 spiro atoms. The molecule has 0 aliphatic rings. The lowest BCUT2D eigenvalue weighted by Gasteiger charge is -2.09. The van der Waals surface area contributed by atoms with Gasteiger partial charge in [0.1, 0.15) is 18.7 Å². The maximum atomic E-state index is 11.2. The van der Waals surface area contributed by atoms with Gasteiger partial charge in [-0.15, -0.1) is 5.10 Å². The molecule has 10 nitrogen and oxygen atoms in total. The fourth-order valence-electron chi connectivity index (χ4n) is 1.89. The summed E-state index contributed by atoms with van der Waals surface area (Å²) in [5.74, 6) is 0.178. The smallest absolute Gasteiger partial charge is 0.217 e. The molecular formula is C16H22N4O6. The molecule has 0 fully saturated rings. The van der Waals surface area contributed by atoms with Crippen LogP contribution in [0.25, 0.3) is 5.82 Å². The molecule has 26 heavy (non-hydrogen) atoms. The van der Waals surface area contributed by atoms with Gasteiger partial charge in [0.25, 0.3) is 0 Å². The van der Waals surface area contributed by atoms with Crippen molar-refractivity contribution in [2.24, 2.45) is 0 Å². The number of aromatic hydroxyl groups is 1. The minimum absolute atomic E-state index is 0.0508. The Morgan fingerprint density at radius 1 is 1.12 bits per heavy atom. The first-order valence-electron chi connectivity index (χ1n) is 8.01. The van der Waals surface area contributed by atoms with Crippen LogP contribution in [0.1, 0.15) is 17.5 Å². The number of hydrogen-bond donors (Lipinski definition) is 1. The molecule has 0 saturated carbocycles. The van der Waals surface area contributed by atoms with Crippen LogP contribution in [0.5, 0.6) is 11.5 Å². The van der Waals surface area contributed by atoms with Crippen molar-refractivity contribution in [1.82, 2.24) is 19.7 Å². The van der Waals surface area contributed by atoms with Crippen molar-refractivity contribution < 1.29 is 28.8 Å². The van der Waals surface area contributed by atoms with Gasteiger partial charge in [-0.2, -0.15) is 4.68 Å². The predicted molar refractivity (Wildman–Crippen MR) is 89.8 cm³/mol. The van der Waals surface area contributed by atoms with Gasteiger partial charge in [-0.1, -0.05) is 0 Å². The molecule has 0 unspecified atom stereocenters. The first-order valence-corrected chi connectivity index (χ1v) is 8.01. The van der Waals surface area contributed by atoms with Crippen molar-refractivity contribution in [2.75, 3.05) is 46.8 Å². The summed E-state index contributed by atoms with van der Waals surface area (Å²) in [5.41, 5.74) is 0. The lowest BCUT2D eigenvalue weighted by atomic mass is 10.4. The SMILES string of the molecule is COCCOCCOCCOc1cnc(-n2cnc(C(C)=O)n2)c(O)c1. The van der Waals surface area contributed by atoms with Crippen molar-refractivity contribution in [3.63, 3.8) is 0 Å². The van der Waals surface area contributed by atoms with E-state index >= 15 is 0 Å². The molecule has 10 heteroatoms. The van der Waals surface area contributed by atoms with Crippen LogP contribution in [0.4, 0.5) is 0 Å². The number of pyridine rings is 1. The third-order valence-electron chi connectivity index (χ3n) is 3.15. The summed E-state index contributed by atoms with van der Waals surface area (Å²) in [6.45, 7) is 4.07. The molecule has 142 valence electrons. The van der Waals surface area contributed by atoms with Crippen LogP contribution in [0, 0.1) is 0 Å². The lowest BCUT2D eigenvalue weighted by molar-refractivity contribution is 0.0179. The van der Waals surface area contributed by atoms with Gasteiger partial charge in [-0.3, -0.25) is 4.79 Å². The highest BCUT2D eigenvalue weighted by atomic mass is 16.6. The quantitative estimate of drug-likeness (QED) is 0.426. The molecule has 2 aromatic heterocycles. The van der Waals surface area contributed by atoms with Crippen LogP contribution in [-0.2, 0) is 14.2 Å². The van der Waals surface area contributed by atoms with Gasteiger partial charge in [0, 0.05) is 20.1 Å². The number of aromatic nitrogens is 4. The van der Waals surface area contributed by atoms with Gasteiger partial charge in [0.05, 0.1) is 39.2 Å². The third-order valence-corrected chi connectivity index (χ3v) is 3.15. The monoisotopic (exact) mass is 366 g/mol. The molecule has 2 rings (SSSR count). The standard InChI is InChI=1S/C16H22N4O6/c1-12(21)15-18-11-20(19-15)16-14(22)9-13(10-17-16)26-8-7-25-6-5-24-4-3-23-2/h9-11,22H,3-8H2,1-2H3. The average Bonchev–Trinajstić information content (AvgIpc) is 3.10. The van der Waals surface area contributed by atoms with Crippen LogP contribution in [0.15, 0.2) is 18.6 Å². The largest absolute Gasteiger partial charge is 0.504 e. The molecule has 0 amide bonds. The van der Waals surface area contributed by atoms with E-state index in [-0.39, 0.29) is 23.2 Å². The number of rotatable bonds is 12. The summed E-state index contributed by atoms with van der Waals surface area (Å²) in [6, 6.07) is 1.41. The Bertz CT molecular complexity index is 706. The van der Waals surface area contributed by atoms with E-state index < -0.39 is 0 Å². The zero-order chi connectivity index (χ0) is 18.8. The number of ether oxygens (including phenoxy) is 4. The van der Waals surface area contributed by atoms with E-state index in [0.717, 1.165) is 0 Å². The first-order chi connectivity index (χ1) is 12.6. The van der Waals surface area contributed by atoms with Crippen molar-refractivity contribution in [3.8, 4) is 17.3 Å². The van der Waals surface area contributed by atoms with Crippen LogP contribution >= 0.6 is 0 Å². The maximum absolute atomic E-state index is 11.2. The second-order valence-electron chi connectivity index (χ2n) is 5.15. The predicted octanol–water partition coefficient (Wildman–Crippen LogP) is 0.629. The van der Waals surface area contributed by atoms with Crippen molar-refractivity contribution >= 4 is 5.78 Å². The number of methoxy groups -OCH3 is 1. The fourth-order valence-corrected chi connectivity index (χ4v) is 1.89. The molecule has 0 aromatic carbocycles. The molecule has 0 bridgehead atoms. The second-order valence-corrected chi connectivity index (χ2v) is 5.15. The van der Waals surface area contributed by atoms with E-state index in [4.69, 9.17) is 18.9 Å². The minimum Gasteiger partial charge on any atom is -0.504 e. The summed E-state index contributed by atoms with van der Waals surface area (Å²) in [5, 5.41) is 14.0. The second kappa shape index (κ2) is 10.4. The van der Waals surface area contributed by atoms with Crippen LogP contribution in [0.2, 0.25) is 0 Å². The normalized spacial score (nSPS) is 10.8. The molecule has 2 heterocycles. The van der Waals surface area contributed by atoms with Gasteiger partial charge < -0.3 is 24.1 Å². The highest BCUT2D eigenvalue weighted by Gasteiger charge is 2.12. The molecule has 0 saturated heterocycles. The zero-order valence-electron chi connectivity index (χ0n) is 14.8. The van der Waals surface area contributed by atoms with Crippen LogP contribution < -0.4 is 4.74 Å². The molecule has 1 N–H and O–H groups in total. The van der Waals surface area contributed by atoms with Gasteiger partial charge in [0.2, 0.25) is 5.82 Å². The number of ketones is 1. The van der Waals surface area contributed by atoms with E-state index in [1.165, 1.54) is 30.2 Å². The van der Waals surface area contributed by atoms with E-state index in [0.29, 0.717) is 45.4 Å². The number of hydrogen-bond acceptors (Lipinski definition) is 9.